The van der Waals surface area contributed by atoms with Crippen LogP contribution in [-0.2, 0) is 17.8 Å². The average Bonchev–Trinajstić information content (AvgIpc) is 2.79. The summed E-state index contributed by atoms with van der Waals surface area (Å²) in [6.07, 6.45) is 2.14. The third kappa shape index (κ3) is 3.12. The first-order chi connectivity index (χ1) is 8.85. The highest BCUT2D eigenvalue weighted by Crippen LogP contribution is 2.17. The second kappa shape index (κ2) is 6.57. The minimum Gasteiger partial charge on any atom is -0.380 e. The number of nitrogens with zero attached hydrogens (tertiary/aromatic N) is 1. The number of hydrogen-bond acceptors (Lipinski definition) is 2. The van der Waals surface area contributed by atoms with Gasteiger partial charge in [0.2, 0.25) is 0 Å². The highest BCUT2D eigenvalue weighted by molar-refractivity contribution is 5.80. The molecule has 98 valence electrons. The van der Waals surface area contributed by atoms with Gasteiger partial charge >= 0.3 is 0 Å². The van der Waals surface area contributed by atoms with Gasteiger partial charge in [-0.1, -0.05) is 13.0 Å². The van der Waals surface area contributed by atoms with Crippen LogP contribution >= 0.6 is 0 Å². The molecule has 2 aromatic rings. The van der Waals surface area contributed by atoms with Crippen molar-refractivity contribution in [2.45, 2.75) is 26.9 Å². The van der Waals surface area contributed by atoms with E-state index in [2.05, 4.69) is 47.3 Å². The van der Waals surface area contributed by atoms with Crippen LogP contribution in [0.4, 0.5) is 0 Å². The van der Waals surface area contributed by atoms with Gasteiger partial charge in [0.1, 0.15) is 0 Å². The van der Waals surface area contributed by atoms with E-state index in [1.165, 1.54) is 16.5 Å². The Morgan fingerprint density at radius 1 is 1.22 bits per heavy atom. The zero-order valence-corrected chi connectivity index (χ0v) is 11.3. The Morgan fingerprint density at radius 2 is 2.11 bits per heavy atom. The molecule has 0 fully saturated rings. The Labute approximate surface area is 109 Å². The molecule has 0 aliphatic rings. The molecule has 1 N–H and O–H groups in total. The Bertz CT molecular complexity index is 490. The van der Waals surface area contributed by atoms with Crippen LogP contribution in [0.3, 0.4) is 0 Å². The van der Waals surface area contributed by atoms with Crippen LogP contribution in [0.15, 0.2) is 30.5 Å². The molecular weight excluding hydrogens is 224 g/mol. The van der Waals surface area contributed by atoms with E-state index in [9.17, 15) is 0 Å². The molecule has 0 unspecified atom stereocenters. The number of rotatable bonds is 7. The smallest absolute Gasteiger partial charge is 0.0645 e. The Balaban J connectivity index is 2.10. The molecule has 18 heavy (non-hydrogen) atoms. The maximum Gasteiger partial charge on any atom is 0.0645 e. The van der Waals surface area contributed by atoms with E-state index in [0.29, 0.717) is 0 Å². The van der Waals surface area contributed by atoms with Gasteiger partial charge in [0.25, 0.3) is 0 Å². The van der Waals surface area contributed by atoms with E-state index >= 15 is 0 Å². The molecule has 0 aliphatic heterocycles. The SMILES string of the molecule is CCNCc1ccc2c(ccn2CCOCC)c1. The topological polar surface area (TPSA) is 26.2 Å². The minimum atomic E-state index is 0.777. The molecule has 3 nitrogen and oxygen atoms in total. The molecule has 0 saturated carbocycles. The van der Waals surface area contributed by atoms with Crippen LogP contribution in [0.5, 0.6) is 0 Å². The fraction of sp³-hybridized carbons (Fsp3) is 0.467. The van der Waals surface area contributed by atoms with Crippen molar-refractivity contribution in [1.82, 2.24) is 9.88 Å². The first-order valence-corrected chi connectivity index (χ1v) is 6.71. The van der Waals surface area contributed by atoms with Crippen molar-refractivity contribution in [2.24, 2.45) is 0 Å². The van der Waals surface area contributed by atoms with E-state index < -0.39 is 0 Å². The Morgan fingerprint density at radius 3 is 2.89 bits per heavy atom. The molecule has 0 radical (unpaired) electrons. The molecule has 0 saturated heterocycles. The molecule has 0 aliphatic carbocycles. The van der Waals surface area contributed by atoms with Crippen molar-refractivity contribution < 1.29 is 4.74 Å². The molecule has 0 spiro atoms. The maximum atomic E-state index is 5.40. The van der Waals surface area contributed by atoms with Gasteiger partial charge in [0, 0.05) is 31.4 Å². The molecule has 1 heterocycles. The van der Waals surface area contributed by atoms with Crippen LogP contribution in [0.1, 0.15) is 19.4 Å². The van der Waals surface area contributed by atoms with Gasteiger partial charge in [0.05, 0.1) is 6.61 Å². The van der Waals surface area contributed by atoms with Crippen molar-refractivity contribution in [2.75, 3.05) is 19.8 Å². The van der Waals surface area contributed by atoms with Gasteiger partial charge in [-0.15, -0.1) is 0 Å². The van der Waals surface area contributed by atoms with Gasteiger partial charge in [-0.2, -0.15) is 0 Å². The molecule has 0 amide bonds. The summed E-state index contributed by atoms with van der Waals surface area (Å²) in [6.45, 7) is 8.59. The van der Waals surface area contributed by atoms with Crippen LogP contribution in [-0.4, -0.2) is 24.3 Å². The normalized spacial score (nSPS) is 11.2. The van der Waals surface area contributed by atoms with E-state index in [-0.39, 0.29) is 0 Å². The van der Waals surface area contributed by atoms with Crippen molar-refractivity contribution in [3.63, 3.8) is 0 Å². The lowest BCUT2D eigenvalue weighted by atomic mass is 10.1. The molecule has 0 bridgehead atoms. The lowest BCUT2D eigenvalue weighted by Crippen LogP contribution is -2.11. The zero-order chi connectivity index (χ0) is 12.8. The predicted molar refractivity (Wildman–Crippen MR) is 75.8 cm³/mol. The fourth-order valence-corrected chi connectivity index (χ4v) is 2.13. The number of fused-ring (bicyclic) bond motifs is 1. The quantitative estimate of drug-likeness (QED) is 0.760. The maximum absolute atomic E-state index is 5.40. The summed E-state index contributed by atoms with van der Waals surface area (Å²) in [4.78, 5) is 0. The highest BCUT2D eigenvalue weighted by Gasteiger charge is 2.02. The first-order valence-electron chi connectivity index (χ1n) is 6.71. The average molecular weight is 246 g/mol. The molecule has 0 atom stereocenters. The number of nitrogens with one attached hydrogen (secondary N) is 1. The van der Waals surface area contributed by atoms with Gasteiger partial charge in [0.15, 0.2) is 0 Å². The van der Waals surface area contributed by atoms with Crippen LogP contribution < -0.4 is 5.32 Å². The largest absolute Gasteiger partial charge is 0.380 e. The molecule has 3 heteroatoms. The summed E-state index contributed by atoms with van der Waals surface area (Å²) in [5, 5.41) is 4.66. The number of ether oxygens (including phenoxy) is 1. The van der Waals surface area contributed by atoms with Crippen LogP contribution in [0, 0.1) is 0 Å². The van der Waals surface area contributed by atoms with Gasteiger partial charge in [-0.05, 0) is 42.6 Å². The Kier molecular flexibility index (Phi) is 4.79. The second-order valence-electron chi connectivity index (χ2n) is 4.38. The van der Waals surface area contributed by atoms with Gasteiger partial charge in [-0.3, -0.25) is 0 Å². The standard InChI is InChI=1S/C15H22N2O/c1-3-16-12-13-5-6-15-14(11-13)7-8-17(15)9-10-18-4-2/h5-8,11,16H,3-4,9-10,12H2,1-2H3. The van der Waals surface area contributed by atoms with E-state index in [0.717, 1.165) is 32.8 Å². The molecular formula is C15H22N2O. The van der Waals surface area contributed by atoms with Crippen molar-refractivity contribution >= 4 is 10.9 Å². The van der Waals surface area contributed by atoms with E-state index in [1.54, 1.807) is 0 Å². The lowest BCUT2D eigenvalue weighted by Gasteiger charge is -2.07. The van der Waals surface area contributed by atoms with Crippen molar-refractivity contribution in [3.8, 4) is 0 Å². The van der Waals surface area contributed by atoms with Crippen LogP contribution in [0.2, 0.25) is 0 Å². The van der Waals surface area contributed by atoms with Crippen molar-refractivity contribution in [1.29, 1.82) is 0 Å². The summed E-state index contributed by atoms with van der Waals surface area (Å²) in [5.41, 5.74) is 2.63. The van der Waals surface area contributed by atoms with E-state index in [1.807, 2.05) is 6.92 Å². The number of benzene rings is 1. The van der Waals surface area contributed by atoms with E-state index in [4.69, 9.17) is 4.74 Å². The third-order valence-corrected chi connectivity index (χ3v) is 3.10. The summed E-state index contributed by atoms with van der Waals surface area (Å²) in [5.74, 6) is 0. The summed E-state index contributed by atoms with van der Waals surface area (Å²) >= 11 is 0. The predicted octanol–water partition coefficient (Wildman–Crippen LogP) is 2.79. The third-order valence-electron chi connectivity index (χ3n) is 3.10. The van der Waals surface area contributed by atoms with Gasteiger partial charge < -0.3 is 14.6 Å². The zero-order valence-electron chi connectivity index (χ0n) is 11.3. The summed E-state index contributed by atoms with van der Waals surface area (Å²) < 4.78 is 7.65. The first kappa shape index (κ1) is 13.1. The van der Waals surface area contributed by atoms with Crippen molar-refractivity contribution in [3.05, 3.63) is 36.0 Å². The molecule has 2 rings (SSSR count). The number of hydrogen-bond donors (Lipinski definition) is 1. The summed E-state index contributed by atoms with van der Waals surface area (Å²) in [6, 6.07) is 8.84. The lowest BCUT2D eigenvalue weighted by molar-refractivity contribution is 0.140. The minimum absolute atomic E-state index is 0.777. The van der Waals surface area contributed by atoms with Crippen LogP contribution in [0.25, 0.3) is 10.9 Å². The molecule has 1 aromatic carbocycles. The monoisotopic (exact) mass is 246 g/mol. The number of aromatic nitrogens is 1. The summed E-state index contributed by atoms with van der Waals surface area (Å²) in [7, 11) is 0. The highest BCUT2D eigenvalue weighted by atomic mass is 16.5. The van der Waals surface area contributed by atoms with Gasteiger partial charge in [-0.25, -0.2) is 0 Å². The fourth-order valence-electron chi connectivity index (χ4n) is 2.13. The second-order valence-corrected chi connectivity index (χ2v) is 4.38. The molecule has 1 aromatic heterocycles. The Hall–Kier alpha value is -1.32.